The van der Waals surface area contributed by atoms with Crippen LogP contribution in [0.15, 0.2) is 0 Å². The maximum Gasteiger partial charge on any atom is 0.410 e. The zero-order chi connectivity index (χ0) is 17.0. The zero-order valence-electron chi connectivity index (χ0n) is 15.7. The fourth-order valence-electron chi connectivity index (χ4n) is 4.11. The van der Waals surface area contributed by atoms with E-state index in [9.17, 15) is 4.79 Å². The monoisotopic (exact) mass is 324 g/mol. The molecule has 1 aliphatic heterocycles. The molecule has 2 fully saturated rings. The van der Waals surface area contributed by atoms with E-state index < -0.39 is 5.60 Å². The predicted octanol–water partition coefficient (Wildman–Crippen LogP) is 4.19. The molecule has 3 unspecified atom stereocenters. The van der Waals surface area contributed by atoms with Gasteiger partial charge >= 0.3 is 6.09 Å². The number of carbonyl (C=O) groups is 1. The fourth-order valence-corrected chi connectivity index (χ4v) is 4.11. The lowest BCUT2D eigenvalue weighted by molar-refractivity contribution is 0.0221. The van der Waals surface area contributed by atoms with Gasteiger partial charge in [0, 0.05) is 25.2 Å². The molecule has 4 heteroatoms. The molecule has 4 nitrogen and oxygen atoms in total. The molecule has 2 rings (SSSR count). The van der Waals surface area contributed by atoms with Gasteiger partial charge in [0.2, 0.25) is 0 Å². The Morgan fingerprint density at radius 2 is 1.87 bits per heavy atom. The molecule has 0 aromatic rings. The first-order chi connectivity index (χ1) is 10.8. The van der Waals surface area contributed by atoms with E-state index in [0.717, 1.165) is 37.8 Å². The van der Waals surface area contributed by atoms with Crippen LogP contribution in [0.2, 0.25) is 0 Å². The molecule has 0 aromatic carbocycles. The summed E-state index contributed by atoms with van der Waals surface area (Å²) in [6, 6.07) is 0.907. The normalized spacial score (nSPS) is 29.1. The van der Waals surface area contributed by atoms with Crippen LogP contribution in [0.1, 0.15) is 73.1 Å². The standard InChI is InChI=1S/C19H36N2O2/c1-14(2)16-10-6-7-11-17(16)20-13-15-9-8-12-21(15)18(22)23-19(3,4)5/h14-17,20H,6-13H2,1-5H3. The largest absolute Gasteiger partial charge is 0.444 e. The van der Waals surface area contributed by atoms with Gasteiger partial charge in [-0.25, -0.2) is 4.79 Å². The molecule has 1 N–H and O–H groups in total. The smallest absolute Gasteiger partial charge is 0.410 e. The summed E-state index contributed by atoms with van der Waals surface area (Å²) in [5, 5.41) is 3.79. The summed E-state index contributed by atoms with van der Waals surface area (Å²) in [7, 11) is 0. The van der Waals surface area contributed by atoms with Gasteiger partial charge in [-0.3, -0.25) is 0 Å². The van der Waals surface area contributed by atoms with Crippen molar-refractivity contribution >= 4 is 6.09 Å². The van der Waals surface area contributed by atoms with E-state index in [1.165, 1.54) is 25.7 Å². The predicted molar refractivity (Wildman–Crippen MR) is 94.5 cm³/mol. The summed E-state index contributed by atoms with van der Waals surface area (Å²) in [5.41, 5.74) is -0.413. The van der Waals surface area contributed by atoms with Crippen molar-refractivity contribution in [2.24, 2.45) is 11.8 Å². The minimum atomic E-state index is -0.413. The number of likely N-dealkylation sites (tertiary alicyclic amines) is 1. The van der Waals surface area contributed by atoms with Crippen LogP contribution in [0.4, 0.5) is 4.79 Å². The number of hydrogen-bond acceptors (Lipinski definition) is 3. The summed E-state index contributed by atoms with van der Waals surface area (Å²) in [6.07, 6.45) is 7.36. The highest BCUT2D eigenvalue weighted by atomic mass is 16.6. The average Bonchev–Trinajstić information content (AvgIpc) is 2.92. The lowest BCUT2D eigenvalue weighted by Gasteiger charge is -2.36. The summed E-state index contributed by atoms with van der Waals surface area (Å²) < 4.78 is 5.56. The first kappa shape index (κ1) is 18.6. The number of ether oxygens (including phenoxy) is 1. The van der Waals surface area contributed by atoms with Crippen molar-refractivity contribution in [3.8, 4) is 0 Å². The summed E-state index contributed by atoms with van der Waals surface area (Å²) >= 11 is 0. The van der Waals surface area contributed by atoms with E-state index in [2.05, 4.69) is 19.2 Å². The van der Waals surface area contributed by atoms with Gasteiger partial charge in [0.15, 0.2) is 0 Å². The van der Waals surface area contributed by atoms with E-state index in [4.69, 9.17) is 4.74 Å². The van der Waals surface area contributed by atoms with E-state index >= 15 is 0 Å². The van der Waals surface area contributed by atoms with Crippen LogP contribution in [0, 0.1) is 11.8 Å². The topological polar surface area (TPSA) is 41.6 Å². The van der Waals surface area contributed by atoms with Crippen molar-refractivity contribution in [1.82, 2.24) is 10.2 Å². The van der Waals surface area contributed by atoms with Gasteiger partial charge in [-0.1, -0.05) is 26.7 Å². The average molecular weight is 325 g/mol. The molecule has 3 atom stereocenters. The van der Waals surface area contributed by atoms with Crippen LogP contribution in [0.25, 0.3) is 0 Å². The van der Waals surface area contributed by atoms with Crippen LogP contribution in [0.5, 0.6) is 0 Å². The van der Waals surface area contributed by atoms with E-state index in [-0.39, 0.29) is 6.09 Å². The summed E-state index contributed by atoms with van der Waals surface area (Å²) in [5.74, 6) is 1.51. The maximum atomic E-state index is 12.4. The van der Waals surface area contributed by atoms with Gasteiger partial charge < -0.3 is 15.0 Å². The Kier molecular flexibility index (Phi) is 6.35. The molecule has 1 aliphatic carbocycles. The van der Waals surface area contributed by atoms with Crippen LogP contribution >= 0.6 is 0 Å². The van der Waals surface area contributed by atoms with Crippen molar-refractivity contribution < 1.29 is 9.53 Å². The van der Waals surface area contributed by atoms with E-state index in [0.29, 0.717) is 12.1 Å². The number of amides is 1. The van der Waals surface area contributed by atoms with Crippen molar-refractivity contribution in [1.29, 1.82) is 0 Å². The van der Waals surface area contributed by atoms with Crippen molar-refractivity contribution in [3.05, 3.63) is 0 Å². The van der Waals surface area contributed by atoms with Crippen LogP contribution in [-0.4, -0.2) is 41.8 Å². The third-order valence-corrected chi connectivity index (χ3v) is 5.30. The summed E-state index contributed by atoms with van der Waals surface area (Å²) in [6.45, 7) is 12.2. The Balaban J connectivity index is 1.87. The maximum absolute atomic E-state index is 12.4. The summed E-state index contributed by atoms with van der Waals surface area (Å²) in [4.78, 5) is 14.3. The molecule has 1 saturated carbocycles. The minimum absolute atomic E-state index is 0.147. The number of nitrogens with zero attached hydrogens (tertiary/aromatic N) is 1. The Morgan fingerprint density at radius 1 is 1.17 bits per heavy atom. The lowest BCUT2D eigenvalue weighted by Crippen LogP contribution is -2.48. The first-order valence-corrected chi connectivity index (χ1v) is 9.51. The van der Waals surface area contributed by atoms with Gasteiger partial charge in [0.1, 0.15) is 5.60 Å². The first-order valence-electron chi connectivity index (χ1n) is 9.51. The highest BCUT2D eigenvalue weighted by Crippen LogP contribution is 2.30. The van der Waals surface area contributed by atoms with Crippen molar-refractivity contribution in [2.75, 3.05) is 13.1 Å². The van der Waals surface area contributed by atoms with Gasteiger partial charge in [-0.05, 0) is 58.3 Å². The van der Waals surface area contributed by atoms with Gasteiger partial charge in [-0.2, -0.15) is 0 Å². The Morgan fingerprint density at radius 3 is 2.52 bits per heavy atom. The second kappa shape index (κ2) is 7.87. The van der Waals surface area contributed by atoms with Crippen molar-refractivity contribution in [3.63, 3.8) is 0 Å². The molecule has 1 heterocycles. The molecule has 0 radical (unpaired) electrons. The number of carbonyl (C=O) groups excluding carboxylic acids is 1. The molecule has 1 saturated heterocycles. The zero-order valence-corrected chi connectivity index (χ0v) is 15.7. The van der Waals surface area contributed by atoms with Gasteiger partial charge in [0.05, 0.1) is 0 Å². The third kappa shape index (κ3) is 5.37. The molecule has 0 spiro atoms. The molecular weight excluding hydrogens is 288 g/mol. The van der Waals surface area contributed by atoms with Crippen LogP contribution in [0.3, 0.4) is 0 Å². The van der Waals surface area contributed by atoms with Crippen molar-refractivity contribution in [2.45, 2.75) is 90.8 Å². The van der Waals surface area contributed by atoms with E-state index in [1.54, 1.807) is 0 Å². The molecule has 1 amide bonds. The highest BCUT2D eigenvalue weighted by Gasteiger charge is 2.33. The second-order valence-electron chi connectivity index (χ2n) is 8.68. The minimum Gasteiger partial charge on any atom is -0.444 e. The SMILES string of the molecule is CC(C)C1CCCCC1NCC1CCCN1C(=O)OC(C)(C)C. The van der Waals surface area contributed by atoms with Crippen LogP contribution < -0.4 is 5.32 Å². The Bertz CT molecular complexity index is 389. The third-order valence-electron chi connectivity index (χ3n) is 5.30. The number of rotatable bonds is 4. The second-order valence-corrected chi connectivity index (χ2v) is 8.68. The number of nitrogens with one attached hydrogen (secondary N) is 1. The quantitative estimate of drug-likeness (QED) is 0.843. The lowest BCUT2D eigenvalue weighted by atomic mass is 9.78. The molecular formula is C19H36N2O2. The molecule has 0 bridgehead atoms. The van der Waals surface area contributed by atoms with Gasteiger partial charge in [0.25, 0.3) is 0 Å². The van der Waals surface area contributed by atoms with Gasteiger partial charge in [-0.15, -0.1) is 0 Å². The Hall–Kier alpha value is -0.770. The molecule has 134 valence electrons. The molecule has 0 aromatic heterocycles. The Labute approximate surface area is 142 Å². The fraction of sp³-hybridized carbons (Fsp3) is 0.947. The van der Waals surface area contributed by atoms with E-state index in [1.807, 2.05) is 25.7 Å². The van der Waals surface area contributed by atoms with Crippen LogP contribution in [-0.2, 0) is 4.74 Å². The molecule has 2 aliphatic rings. The number of hydrogen-bond donors (Lipinski definition) is 1. The molecule has 23 heavy (non-hydrogen) atoms. The highest BCUT2D eigenvalue weighted by molar-refractivity contribution is 5.69.